The van der Waals surface area contributed by atoms with Gasteiger partial charge in [0, 0.05) is 13.2 Å². The summed E-state index contributed by atoms with van der Waals surface area (Å²) in [4.78, 5) is 22.9. The van der Waals surface area contributed by atoms with E-state index in [1.807, 2.05) is 21.1 Å². The molecule has 0 aromatic rings. The summed E-state index contributed by atoms with van der Waals surface area (Å²) in [6, 6.07) is 0. The van der Waals surface area contributed by atoms with Crippen molar-refractivity contribution in [2.45, 2.75) is 174 Å². The van der Waals surface area contributed by atoms with Crippen LogP contribution in [-0.4, -0.2) is 108 Å². The van der Waals surface area contributed by atoms with Crippen LogP contribution in [0.15, 0.2) is 0 Å². The first-order valence-electron chi connectivity index (χ1n) is 21.7. The van der Waals surface area contributed by atoms with Gasteiger partial charge in [-0.3, -0.25) is 9.13 Å². The monoisotopic (exact) mass is 835 g/mol. The van der Waals surface area contributed by atoms with Crippen LogP contribution in [0.4, 0.5) is 0 Å². The average Bonchev–Trinajstić information content (AvgIpc) is 3.13. The van der Waals surface area contributed by atoms with E-state index in [9.17, 15) is 18.9 Å². The van der Waals surface area contributed by atoms with Gasteiger partial charge in [-0.25, -0.2) is 0 Å². The van der Waals surface area contributed by atoms with Crippen molar-refractivity contribution < 1.29 is 61.2 Å². The Morgan fingerprint density at radius 1 is 0.473 bits per heavy atom. The molecule has 0 aliphatic heterocycles. The lowest BCUT2D eigenvalue weighted by molar-refractivity contribution is -0.870. The number of hydrogen-bond donors (Lipinski definition) is 2. The molecule has 0 heterocycles. The molecule has 0 spiro atoms. The number of likely N-dealkylation sites (N-methyl/N-ethyl adjacent to an activating group) is 1. The number of unbranched alkanes of at least 4 members (excludes halogenated alkanes) is 22. The molecular formula is C40H86NO12P2-. The van der Waals surface area contributed by atoms with E-state index in [1.165, 1.54) is 135 Å². The van der Waals surface area contributed by atoms with Crippen molar-refractivity contribution in [3.63, 3.8) is 0 Å². The topological polar surface area (TPSA) is 176 Å². The molecule has 3 atom stereocenters. The average molecular weight is 835 g/mol. The fourth-order valence-electron chi connectivity index (χ4n) is 5.44. The molecule has 0 fully saturated rings. The van der Waals surface area contributed by atoms with Crippen molar-refractivity contribution in [2.24, 2.45) is 0 Å². The van der Waals surface area contributed by atoms with Crippen LogP contribution >= 0.6 is 15.6 Å². The van der Waals surface area contributed by atoms with Gasteiger partial charge in [0.2, 0.25) is 0 Å². The summed E-state index contributed by atoms with van der Waals surface area (Å²) in [6.07, 6.45) is 29.9. The number of aliphatic hydroxyl groups excluding tert-OH is 2. The van der Waals surface area contributed by atoms with Crippen molar-refractivity contribution >= 4 is 15.6 Å². The van der Waals surface area contributed by atoms with Crippen molar-refractivity contribution in [1.29, 1.82) is 0 Å². The molecule has 0 bridgehead atoms. The largest absolute Gasteiger partial charge is 0.756 e. The number of phosphoric acid groups is 2. The lowest BCUT2D eigenvalue weighted by Gasteiger charge is -2.27. The highest BCUT2D eigenvalue weighted by Crippen LogP contribution is 2.38. The Morgan fingerprint density at radius 2 is 0.782 bits per heavy atom. The molecule has 0 radical (unpaired) electrons. The van der Waals surface area contributed by atoms with Gasteiger partial charge in [0.15, 0.2) is 0 Å². The van der Waals surface area contributed by atoms with E-state index in [0.717, 1.165) is 19.3 Å². The summed E-state index contributed by atoms with van der Waals surface area (Å²) in [6.45, 7) is 5.76. The Labute approximate surface area is 337 Å². The van der Waals surface area contributed by atoms with E-state index < -0.39 is 35.0 Å². The number of aliphatic hydroxyl groups is 2. The van der Waals surface area contributed by atoms with Crippen molar-refractivity contribution in [3.05, 3.63) is 0 Å². The molecule has 0 saturated heterocycles. The molecule has 0 aliphatic rings. The third kappa shape index (κ3) is 50.1. The molecule has 13 nitrogen and oxygen atoms in total. The summed E-state index contributed by atoms with van der Waals surface area (Å²) in [7, 11) is -2.73. The maximum Gasteiger partial charge on any atom is 0.268 e. The third-order valence-electron chi connectivity index (χ3n) is 8.89. The van der Waals surface area contributed by atoms with Crippen LogP contribution < -0.4 is 9.79 Å². The van der Waals surface area contributed by atoms with Gasteiger partial charge in [0.25, 0.3) is 15.6 Å². The number of rotatable bonds is 42. The molecule has 15 heteroatoms. The first-order valence-corrected chi connectivity index (χ1v) is 24.7. The van der Waals surface area contributed by atoms with E-state index >= 15 is 0 Å². The number of quaternary nitrogens is 1. The van der Waals surface area contributed by atoms with Crippen LogP contribution in [0.1, 0.15) is 168 Å². The number of ether oxygens (including phenoxy) is 2. The van der Waals surface area contributed by atoms with Crippen LogP contribution in [0.25, 0.3) is 0 Å². The zero-order valence-electron chi connectivity index (χ0n) is 35.9. The highest BCUT2D eigenvalue weighted by atomic mass is 31.2. The second-order valence-corrected chi connectivity index (χ2v) is 18.4. The van der Waals surface area contributed by atoms with Gasteiger partial charge in [0.05, 0.1) is 60.8 Å². The SMILES string of the molecule is CCCCCCCCCCCCCCOCCOP(=O)([O-])OCC(O)CO.CCCCCCCCCCCCCCOCCOP(=O)([O-])OCC[N+](C)(C)C. The lowest BCUT2D eigenvalue weighted by Crippen LogP contribution is -2.37. The molecule has 0 aromatic carbocycles. The number of nitrogens with zero attached hydrogens (tertiary/aromatic N) is 1. The predicted octanol–water partition coefficient (Wildman–Crippen LogP) is 8.47. The van der Waals surface area contributed by atoms with Crippen LogP contribution in [0, 0.1) is 0 Å². The van der Waals surface area contributed by atoms with Crippen LogP contribution in [0.5, 0.6) is 0 Å². The summed E-state index contributed by atoms with van der Waals surface area (Å²) in [5.74, 6) is 0. The molecule has 0 saturated carbocycles. The Bertz CT molecular complexity index is 882. The van der Waals surface area contributed by atoms with E-state index in [4.69, 9.17) is 28.7 Å². The maximum atomic E-state index is 11.6. The molecule has 0 aromatic heterocycles. The van der Waals surface area contributed by atoms with Gasteiger partial charge in [-0.1, -0.05) is 155 Å². The third-order valence-corrected chi connectivity index (χ3v) is 10.8. The second kappa shape index (κ2) is 40.8. The van der Waals surface area contributed by atoms with E-state index in [2.05, 4.69) is 22.9 Å². The second-order valence-electron chi connectivity index (χ2n) is 15.5. The first-order chi connectivity index (χ1) is 26.3. The molecule has 0 aliphatic carbocycles. The fraction of sp³-hybridized carbons (Fsp3) is 1.00. The molecule has 0 rings (SSSR count). The Morgan fingerprint density at radius 3 is 1.11 bits per heavy atom. The smallest absolute Gasteiger partial charge is 0.268 e. The number of hydrogen-bond acceptors (Lipinski definition) is 12. The van der Waals surface area contributed by atoms with Gasteiger partial charge in [-0.05, 0) is 12.8 Å². The lowest BCUT2D eigenvalue weighted by atomic mass is 10.1. The summed E-state index contributed by atoms with van der Waals surface area (Å²) < 4.78 is 53.0. The quantitative estimate of drug-likeness (QED) is 0.0341. The predicted molar refractivity (Wildman–Crippen MR) is 219 cm³/mol. The first kappa shape index (κ1) is 57.1. The summed E-state index contributed by atoms with van der Waals surface area (Å²) >= 11 is 0. The standard InChI is InChI=1S/C21H46NO5P.C19H41O7P/c1-5-6-7-8-9-10-11-12-13-14-15-16-18-25-20-21-27-28(23,24)26-19-17-22(2,3)4;1-2-3-4-5-6-7-8-9-10-11-12-13-14-24-15-16-25-27(22,23)26-18-19(21)17-20/h5-21H2,1-4H3;19-21H,2-18H2,1H3,(H,22,23)/p-1. The Kier molecular flexibility index (Phi) is 42.4. The van der Waals surface area contributed by atoms with Crippen molar-refractivity contribution in [2.75, 3.05) is 87.1 Å². The molecular weight excluding hydrogens is 748 g/mol. The molecule has 334 valence electrons. The van der Waals surface area contributed by atoms with Gasteiger partial charge in [-0.15, -0.1) is 0 Å². The minimum atomic E-state index is -4.45. The van der Waals surface area contributed by atoms with Gasteiger partial charge in [0.1, 0.15) is 19.3 Å². The minimum absolute atomic E-state index is 0.0173. The fourth-order valence-corrected chi connectivity index (χ4v) is 6.85. The van der Waals surface area contributed by atoms with E-state index in [-0.39, 0.29) is 33.0 Å². The van der Waals surface area contributed by atoms with Crippen LogP contribution in [-0.2, 0) is 36.7 Å². The highest BCUT2D eigenvalue weighted by Gasteiger charge is 2.14. The maximum absolute atomic E-state index is 11.6. The molecule has 2 N–H and O–H groups in total. The normalized spacial score (nSPS) is 14.6. The Balaban J connectivity index is 0. The zero-order valence-corrected chi connectivity index (χ0v) is 37.7. The zero-order chi connectivity index (χ0) is 41.4. The summed E-state index contributed by atoms with van der Waals surface area (Å²) in [5.41, 5.74) is 0. The minimum Gasteiger partial charge on any atom is -0.756 e. The van der Waals surface area contributed by atoms with E-state index in [1.54, 1.807) is 0 Å². The van der Waals surface area contributed by atoms with Gasteiger partial charge < -0.3 is 52.1 Å². The Hall–Kier alpha value is 0.0200. The van der Waals surface area contributed by atoms with Crippen molar-refractivity contribution in [1.82, 2.24) is 0 Å². The summed E-state index contributed by atoms with van der Waals surface area (Å²) in [5, 5.41) is 17.6. The van der Waals surface area contributed by atoms with Gasteiger partial charge in [-0.2, -0.15) is 0 Å². The van der Waals surface area contributed by atoms with Gasteiger partial charge >= 0.3 is 0 Å². The molecule has 55 heavy (non-hydrogen) atoms. The van der Waals surface area contributed by atoms with Crippen LogP contribution in [0.2, 0.25) is 0 Å². The highest BCUT2D eigenvalue weighted by molar-refractivity contribution is 7.46. The molecule has 3 unspecified atom stereocenters. The molecule has 0 amide bonds. The van der Waals surface area contributed by atoms with Crippen molar-refractivity contribution in [3.8, 4) is 0 Å². The van der Waals surface area contributed by atoms with E-state index in [0.29, 0.717) is 24.2 Å². The number of phosphoric ester groups is 2. The van der Waals surface area contributed by atoms with Crippen LogP contribution in [0.3, 0.4) is 0 Å².